The minimum atomic E-state index is -2.99. The topological polar surface area (TPSA) is 81.4 Å². The molecule has 102 valence electrons. The summed E-state index contributed by atoms with van der Waals surface area (Å²) in [7, 11) is -1.41. The SMILES string of the molecule is COc1ccc(C(CCS(C)(=O)=O)NN)cc1Br. The summed E-state index contributed by atoms with van der Waals surface area (Å²) < 4.78 is 28.2. The molecule has 0 amide bonds. The number of ether oxygens (including phenoxy) is 1. The first-order valence-electron chi connectivity index (χ1n) is 5.34. The molecule has 0 fully saturated rings. The molecule has 1 aromatic carbocycles. The third-order valence-corrected chi connectivity index (χ3v) is 4.15. The minimum Gasteiger partial charge on any atom is -0.496 e. The van der Waals surface area contributed by atoms with Crippen LogP contribution in [-0.4, -0.2) is 27.5 Å². The fraction of sp³-hybridized carbons (Fsp3) is 0.455. The van der Waals surface area contributed by atoms with Crippen LogP contribution >= 0.6 is 15.9 Å². The van der Waals surface area contributed by atoms with Gasteiger partial charge in [0.25, 0.3) is 0 Å². The van der Waals surface area contributed by atoms with Gasteiger partial charge < -0.3 is 4.74 Å². The molecule has 0 saturated heterocycles. The van der Waals surface area contributed by atoms with Gasteiger partial charge in [-0.15, -0.1) is 0 Å². The smallest absolute Gasteiger partial charge is 0.147 e. The van der Waals surface area contributed by atoms with E-state index in [1.165, 1.54) is 6.26 Å². The highest BCUT2D eigenvalue weighted by Crippen LogP contribution is 2.28. The maximum absolute atomic E-state index is 11.2. The van der Waals surface area contributed by atoms with Gasteiger partial charge in [0.05, 0.1) is 17.3 Å². The second kappa shape index (κ2) is 6.51. The van der Waals surface area contributed by atoms with Crippen molar-refractivity contribution in [2.24, 2.45) is 5.84 Å². The van der Waals surface area contributed by atoms with Gasteiger partial charge in [0, 0.05) is 12.3 Å². The third-order valence-electron chi connectivity index (χ3n) is 2.56. The maximum atomic E-state index is 11.2. The van der Waals surface area contributed by atoms with E-state index in [1.54, 1.807) is 7.11 Å². The van der Waals surface area contributed by atoms with Crippen LogP contribution in [0.3, 0.4) is 0 Å². The maximum Gasteiger partial charge on any atom is 0.147 e. The van der Waals surface area contributed by atoms with Gasteiger partial charge in [0.15, 0.2) is 0 Å². The Bertz CT molecular complexity index is 505. The monoisotopic (exact) mass is 336 g/mol. The molecule has 0 aliphatic heterocycles. The normalized spacial score (nSPS) is 13.3. The quantitative estimate of drug-likeness (QED) is 0.606. The summed E-state index contributed by atoms with van der Waals surface area (Å²) >= 11 is 3.38. The number of methoxy groups -OCH3 is 1. The lowest BCUT2D eigenvalue weighted by Gasteiger charge is -2.17. The van der Waals surface area contributed by atoms with Crippen LogP contribution in [0.2, 0.25) is 0 Å². The molecule has 0 spiro atoms. The average Bonchev–Trinajstić information content (AvgIpc) is 2.28. The lowest BCUT2D eigenvalue weighted by atomic mass is 10.1. The highest BCUT2D eigenvalue weighted by molar-refractivity contribution is 9.10. The van der Waals surface area contributed by atoms with Crippen molar-refractivity contribution in [2.75, 3.05) is 19.1 Å². The van der Waals surface area contributed by atoms with Crippen LogP contribution in [0.5, 0.6) is 5.75 Å². The van der Waals surface area contributed by atoms with Gasteiger partial charge >= 0.3 is 0 Å². The van der Waals surface area contributed by atoms with Crippen molar-refractivity contribution in [3.63, 3.8) is 0 Å². The summed E-state index contributed by atoms with van der Waals surface area (Å²) in [6.45, 7) is 0. The average molecular weight is 337 g/mol. The number of nitrogens with two attached hydrogens (primary N) is 1. The predicted octanol–water partition coefficient (Wildman–Crippen LogP) is 1.40. The lowest BCUT2D eigenvalue weighted by molar-refractivity contribution is 0.411. The van der Waals surface area contributed by atoms with Crippen molar-refractivity contribution in [3.05, 3.63) is 28.2 Å². The number of hydrogen-bond acceptors (Lipinski definition) is 5. The Morgan fingerprint density at radius 1 is 1.50 bits per heavy atom. The molecule has 1 aromatic rings. The molecular weight excluding hydrogens is 320 g/mol. The Hall–Kier alpha value is -0.630. The van der Waals surface area contributed by atoms with E-state index in [1.807, 2.05) is 18.2 Å². The third kappa shape index (κ3) is 4.56. The lowest BCUT2D eigenvalue weighted by Crippen LogP contribution is -2.29. The van der Waals surface area contributed by atoms with Crippen LogP contribution < -0.4 is 16.0 Å². The number of benzene rings is 1. The zero-order chi connectivity index (χ0) is 13.8. The summed E-state index contributed by atoms with van der Waals surface area (Å²) in [6.07, 6.45) is 1.64. The van der Waals surface area contributed by atoms with E-state index in [9.17, 15) is 8.42 Å². The molecule has 0 aliphatic rings. The molecule has 0 aromatic heterocycles. The number of hydrazine groups is 1. The Morgan fingerprint density at radius 2 is 2.17 bits per heavy atom. The largest absolute Gasteiger partial charge is 0.496 e. The number of hydrogen-bond donors (Lipinski definition) is 2. The fourth-order valence-corrected chi connectivity index (χ4v) is 2.80. The molecular formula is C11H17BrN2O3S. The van der Waals surface area contributed by atoms with Gasteiger partial charge in [0.2, 0.25) is 0 Å². The molecule has 3 N–H and O–H groups in total. The zero-order valence-corrected chi connectivity index (χ0v) is 12.7. The Balaban J connectivity index is 2.85. The molecule has 1 atom stereocenters. The minimum absolute atomic E-state index is 0.0888. The molecule has 7 heteroatoms. The van der Waals surface area contributed by atoms with Crippen molar-refractivity contribution in [2.45, 2.75) is 12.5 Å². The Morgan fingerprint density at radius 3 is 2.61 bits per heavy atom. The molecule has 0 saturated carbocycles. The number of nitrogens with one attached hydrogen (secondary N) is 1. The van der Waals surface area contributed by atoms with E-state index in [-0.39, 0.29) is 11.8 Å². The Kier molecular flexibility index (Phi) is 5.58. The second-order valence-corrected chi connectivity index (χ2v) is 7.15. The molecule has 0 heterocycles. The summed E-state index contributed by atoms with van der Waals surface area (Å²) in [4.78, 5) is 0. The fourth-order valence-electron chi connectivity index (χ4n) is 1.58. The van der Waals surface area contributed by atoms with Crippen molar-refractivity contribution in [3.8, 4) is 5.75 Å². The van der Waals surface area contributed by atoms with Gasteiger partial charge in [-0.2, -0.15) is 0 Å². The summed E-state index contributed by atoms with van der Waals surface area (Å²) in [5.74, 6) is 6.27. The highest BCUT2D eigenvalue weighted by atomic mass is 79.9. The van der Waals surface area contributed by atoms with Gasteiger partial charge in [-0.1, -0.05) is 6.07 Å². The first-order valence-corrected chi connectivity index (χ1v) is 8.20. The van der Waals surface area contributed by atoms with Crippen LogP contribution in [0, 0.1) is 0 Å². The summed E-state index contributed by atoms with van der Waals surface area (Å²) in [6, 6.07) is 5.33. The van der Waals surface area contributed by atoms with Crippen LogP contribution in [0.15, 0.2) is 22.7 Å². The standard InChI is InChI=1S/C11H17BrN2O3S/c1-17-11-4-3-8(7-9(11)12)10(14-13)5-6-18(2,15)16/h3-4,7,10,14H,5-6,13H2,1-2H3. The molecule has 0 aliphatic carbocycles. The number of halogens is 1. The van der Waals surface area contributed by atoms with Crippen LogP contribution in [0.4, 0.5) is 0 Å². The van der Waals surface area contributed by atoms with Crippen LogP contribution in [-0.2, 0) is 9.84 Å². The second-order valence-electron chi connectivity index (χ2n) is 4.03. The summed E-state index contributed by atoms with van der Waals surface area (Å²) in [5, 5.41) is 0. The summed E-state index contributed by atoms with van der Waals surface area (Å²) in [5.41, 5.74) is 3.54. The van der Waals surface area contributed by atoms with Gasteiger partial charge in [-0.05, 0) is 40.0 Å². The molecule has 5 nitrogen and oxygen atoms in total. The van der Waals surface area contributed by atoms with E-state index in [0.29, 0.717) is 6.42 Å². The van der Waals surface area contributed by atoms with E-state index in [2.05, 4.69) is 21.4 Å². The van der Waals surface area contributed by atoms with Gasteiger partial charge in [-0.3, -0.25) is 11.3 Å². The molecule has 0 bridgehead atoms. The zero-order valence-electron chi connectivity index (χ0n) is 10.3. The first kappa shape index (κ1) is 15.4. The van der Waals surface area contributed by atoms with Crippen molar-refractivity contribution >= 4 is 25.8 Å². The Labute approximate surface area is 116 Å². The first-order chi connectivity index (χ1) is 8.37. The highest BCUT2D eigenvalue weighted by Gasteiger charge is 2.14. The van der Waals surface area contributed by atoms with Crippen molar-refractivity contribution in [1.29, 1.82) is 0 Å². The van der Waals surface area contributed by atoms with E-state index >= 15 is 0 Å². The van der Waals surface area contributed by atoms with Crippen molar-refractivity contribution < 1.29 is 13.2 Å². The van der Waals surface area contributed by atoms with Crippen LogP contribution in [0.1, 0.15) is 18.0 Å². The van der Waals surface area contributed by atoms with Crippen molar-refractivity contribution in [1.82, 2.24) is 5.43 Å². The van der Waals surface area contributed by atoms with Gasteiger partial charge in [-0.25, -0.2) is 8.42 Å². The van der Waals surface area contributed by atoms with E-state index in [4.69, 9.17) is 10.6 Å². The molecule has 0 radical (unpaired) electrons. The van der Waals surface area contributed by atoms with Gasteiger partial charge in [0.1, 0.15) is 15.6 Å². The van der Waals surface area contributed by atoms with E-state index in [0.717, 1.165) is 15.8 Å². The predicted molar refractivity (Wildman–Crippen MR) is 75.1 cm³/mol. The molecule has 1 unspecified atom stereocenters. The van der Waals surface area contributed by atoms with E-state index < -0.39 is 9.84 Å². The number of sulfone groups is 1. The molecule has 18 heavy (non-hydrogen) atoms. The molecule has 1 rings (SSSR count). The number of rotatable bonds is 6. The van der Waals surface area contributed by atoms with Crippen LogP contribution in [0.25, 0.3) is 0 Å².